The second kappa shape index (κ2) is 8.38. The zero-order valence-electron chi connectivity index (χ0n) is 12.6. The number of aromatic nitrogens is 2. The van der Waals surface area contributed by atoms with Crippen LogP contribution in [0.2, 0.25) is 0 Å². The van der Waals surface area contributed by atoms with Crippen LogP contribution in [0.4, 0.5) is 5.13 Å². The van der Waals surface area contributed by atoms with Gasteiger partial charge < -0.3 is 4.74 Å². The monoisotopic (exact) mass is 313 g/mol. The lowest BCUT2D eigenvalue weighted by atomic mass is 10.1. The van der Waals surface area contributed by atoms with Gasteiger partial charge in [0, 0.05) is 39.3 Å². The molecule has 2 rings (SSSR count). The van der Waals surface area contributed by atoms with Crippen molar-refractivity contribution in [2.45, 2.75) is 19.4 Å². The van der Waals surface area contributed by atoms with Crippen LogP contribution < -0.4 is 5.32 Å². The topological polar surface area (TPSA) is 70.6 Å². The summed E-state index contributed by atoms with van der Waals surface area (Å²) < 4.78 is 5.16. The van der Waals surface area contributed by atoms with Gasteiger partial charge in [0.1, 0.15) is 5.51 Å². The molecule has 2 heterocycles. The minimum Gasteiger partial charge on any atom is -0.383 e. The molecule has 7 nitrogen and oxygen atoms in total. The number of hydrogen-bond acceptors (Lipinski definition) is 7. The van der Waals surface area contributed by atoms with E-state index in [0.29, 0.717) is 17.7 Å². The predicted molar refractivity (Wildman–Crippen MR) is 82.5 cm³/mol. The number of piperazine rings is 1. The number of nitrogens with zero attached hydrogens (tertiary/aromatic N) is 4. The SMILES string of the molecule is CC[C@H]1CN(CC(=O)Nc2nncs2)CCN1CCOC. The zero-order chi connectivity index (χ0) is 15.1. The average Bonchev–Trinajstić information content (AvgIpc) is 2.98. The molecule has 1 N–H and O–H groups in total. The van der Waals surface area contributed by atoms with Gasteiger partial charge in [-0.2, -0.15) is 0 Å². The highest BCUT2D eigenvalue weighted by atomic mass is 32.1. The Labute approximate surface area is 129 Å². The van der Waals surface area contributed by atoms with Crippen molar-refractivity contribution >= 4 is 22.4 Å². The van der Waals surface area contributed by atoms with E-state index >= 15 is 0 Å². The Morgan fingerprint density at radius 1 is 1.57 bits per heavy atom. The van der Waals surface area contributed by atoms with E-state index in [2.05, 4.69) is 32.2 Å². The van der Waals surface area contributed by atoms with Gasteiger partial charge in [-0.15, -0.1) is 10.2 Å². The summed E-state index contributed by atoms with van der Waals surface area (Å²) >= 11 is 1.33. The third-order valence-corrected chi connectivity index (χ3v) is 4.32. The third-order valence-electron chi connectivity index (χ3n) is 3.72. The smallest absolute Gasteiger partial charge is 0.240 e. The molecule has 0 spiro atoms. The normalized spacial score (nSPS) is 20.6. The van der Waals surface area contributed by atoms with Crippen LogP contribution >= 0.6 is 11.3 Å². The highest BCUT2D eigenvalue weighted by Crippen LogP contribution is 2.13. The molecule has 1 saturated heterocycles. The van der Waals surface area contributed by atoms with E-state index in [0.717, 1.165) is 39.2 Å². The Morgan fingerprint density at radius 2 is 2.43 bits per heavy atom. The van der Waals surface area contributed by atoms with Crippen LogP contribution in [0.25, 0.3) is 0 Å². The Bertz CT molecular complexity index is 428. The number of hydrogen-bond donors (Lipinski definition) is 1. The molecule has 1 fully saturated rings. The molecule has 0 saturated carbocycles. The van der Waals surface area contributed by atoms with Crippen LogP contribution in [0, 0.1) is 0 Å². The van der Waals surface area contributed by atoms with Crippen LogP contribution in [-0.4, -0.2) is 78.4 Å². The molecule has 0 bridgehead atoms. The lowest BCUT2D eigenvalue weighted by molar-refractivity contribution is -0.118. The molecule has 8 heteroatoms. The average molecular weight is 313 g/mol. The molecule has 1 amide bonds. The number of carbonyl (C=O) groups excluding carboxylic acids is 1. The maximum absolute atomic E-state index is 12.0. The van der Waals surface area contributed by atoms with Gasteiger partial charge in [0.05, 0.1) is 13.2 Å². The molecule has 0 unspecified atom stereocenters. The van der Waals surface area contributed by atoms with Crippen LogP contribution in [0.5, 0.6) is 0 Å². The fraction of sp³-hybridized carbons (Fsp3) is 0.769. The van der Waals surface area contributed by atoms with E-state index in [-0.39, 0.29) is 5.91 Å². The fourth-order valence-electron chi connectivity index (χ4n) is 2.58. The zero-order valence-corrected chi connectivity index (χ0v) is 13.4. The molecule has 1 aromatic heterocycles. The van der Waals surface area contributed by atoms with Crippen LogP contribution in [0.3, 0.4) is 0 Å². The van der Waals surface area contributed by atoms with E-state index in [1.165, 1.54) is 11.3 Å². The first-order chi connectivity index (χ1) is 10.2. The third kappa shape index (κ3) is 4.99. The molecule has 0 aliphatic carbocycles. The number of nitrogens with one attached hydrogen (secondary N) is 1. The Kier molecular flexibility index (Phi) is 6.50. The molecule has 1 aliphatic heterocycles. The van der Waals surface area contributed by atoms with Crippen molar-refractivity contribution in [3.8, 4) is 0 Å². The summed E-state index contributed by atoms with van der Waals surface area (Å²) in [6, 6.07) is 0.489. The van der Waals surface area contributed by atoms with Crippen molar-refractivity contribution in [3.63, 3.8) is 0 Å². The van der Waals surface area contributed by atoms with Gasteiger partial charge in [0.25, 0.3) is 0 Å². The lowest BCUT2D eigenvalue weighted by Crippen LogP contribution is -2.54. The minimum absolute atomic E-state index is 0.0213. The first-order valence-electron chi connectivity index (χ1n) is 7.24. The van der Waals surface area contributed by atoms with Crippen molar-refractivity contribution in [2.75, 3.05) is 51.8 Å². The number of amides is 1. The number of ether oxygens (including phenoxy) is 1. The van der Waals surface area contributed by atoms with Gasteiger partial charge in [-0.25, -0.2) is 0 Å². The summed E-state index contributed by atoms with van der Waals surface area (Å²) in [6.07, 6.45) is 1.08. The summed E-state index contributed by atoms with van der Waals surface area (Å²) in [7, 11) is 1.73. The second-order valence-corrected chi connectivity index (χ2v) is 5.95. The maximum Gasteiger partial charge on any atom is 0.240 e. The quantitative estimate of drug-likeness (QED) is 0.791. The summed E-state index contributed by atoms with van der Waals surface area (Å²) in [5.74, 6) is -0.0213. The first kappa shape index (κ1) is 16.3. The summed E-state index contributed by atoms with van der Waals surface area (Å²) in [5, 5.41) is 10.9. The van der Waals surface area contributed by atoms with Crippen molar-refractivity contribution in [1.29, 1.82) is 0 Å². The Balaban J connectivity index is 1.78. The van der Waals surface area contributed by atoms with Crippen LogP contribution in [0.1, 0.15) is 13.3 Å². The van der Waals surface area contributed by atoms with E-state index in [9.17, 15) is 4.79 Å². The molecular weight excluding hydrogens is 290 g/mol. The largest absolute Gasteiger partial charge is 0.383 e. The van der Waals surface area contributed by atoms with E-state index in [4.69, 9.17) is 4.74 Å². The molecule has 0 radical (unpaired) electrons. The highest BCUT2D eigenvalue weighted by molar-refractivity contribution is 7.13. The second-order valence-electron chi connectivity index (χ2n) is 5.12. The fourth-order valence-corrected chi connectivity index (χ4v) is 3.04. The number of carbonyl (C=O) groups is 1. The predicted octanol–water partition coefficient (Wildman–Crippen LogP) is 0.519. The van der Waals surface area contributed by atoms with Crippen LogP contribution in [-0.2, 0) is 9.53 Å². The summed E-state index contributed by atoms with van der Waals surface area (Å²) in [6.45, 7) is 7.12. The molecule has 1 atom stereocenters. The van der Waals surface area contributed by atoms with Crippen molar-refractivity contribution < 1.29 is 9.53 Å². The number of methoxy groups -OCH3 is 1. The van der Waals surface area contributed by atoms with Gasteiger partial charge in [-0.05, 0) is 6.42 Å². The molecular formula is C13H23N5O2S. The number of rotatable bonds is 7. The van der Waals surface area contributed by atoms with Gasteiger partial charge in [0.15, 0.2) is 0 Å². The maximum atomic E-state index is 12.0. The van der Waals surface area contributed by atoms with Crippen molar-refractivity contribution in [2.24, 2.45) is 0 Å². The summed E-state index contributed by atoms with van der Waals surface area (Å²) in [5.41, 5.74) is 1.61. The molecule has 1 aromatic rings. The summed E-state index contributed by atoms with van der Waals surface area (Å²) in [4.78, 5) is 16.6. The van der Waals surface area contributed by atoms with Crippen molar-refractivity contribution in [3.05, 3.63) is 5.51 Å². The Morgan fingerprint density at radius 3 is 3.10 bits per heavy atom. The molecule has 0 aromatic carbocycles. The molecule has 21 heavy (non-hydrogen) atoms. The standard InChI is InChI=1S/C13H23N5O2S/c1-3-11-8-17(4-5-18(11)6-7-20-2)9-12(19)15-13-16-14-10-21-13/h10-11H,3-9H2,1-2H3,(H,15,16,19)/t11-/m0/s1. The van der Waals surface area contributed by atoms with E-state index < -0.39 is 0 Å². The Hall–Kier alpha value is -1.09. The number of anilines is 1. The molecule has 1 aliphatic rings. The van der Waals surface area contributed by atoms with Crippen molar-refractivity contribution in [1.82, 2.24) is 20.0 Å². The van der Waals surface area contributed by atoms with Gasteiger partial charge >= 0.3 is 0 Å². The minimum atomic E-state index is -0.0213. The van der Waals surface area contributed by atoms with Gasteiger partial charge in [-0.3, -0.25) is 19.9 Å². The lowest BCUT2D eigenvalue weighted by Gasteiger charge is -2.40. The molecule has 118 valence electrons. The van der Waals surface area contributed by atoms with E-state index in [1.807, 2.05) is 0 Å². The first-order valence-corrected chi connectivity index (χ1v) is 8.12. The highest BCUT2D eigenvalue weighted by Gasteiger charge is 2.26. The van der Waals surface area contributed by atoms with Gasteiger partial charge in [0.2, 0.25) is 11.0 Å². The van der Waals surface area contributed by atoms with Crippen LogP contribution in [0.15, 0.2) is 5.51 Å². The van der Waals surface area contributed by atoms with Gasteiger partial charge in [-0.1, -0.05) is 18.3 Å². The van der Waals surface area contributed by atoms with E-state index in [1.54, 1.807) is 12.6 Å².